The molecule has 0 bridgehead atoms. The molecule has 5 heteroatoms. The van der Waals surface area contributed by atoms with Gasteiger partial charge in [-0.15, -0.1) is 0 Å². The number of nitrogens with zero attached hydrogens (tertiary/aromatic N) is 2. The molecule has 1 saturated carbocycles. The summed E-state index contributed by atoms with van der Waals surface area (Å²) in [4.78, 5) is 0. The molecular formula is C18H30N4S. The topological polar surface area (TPSA) is 41.9 Å². The molecule has 1 atom stereocenters. The average Bonchev–Trinajstić information content (AvgIpc) is 2.93. The molecule has 2 aliphatic carbocycles. The maximum atomic E-state index is 5.58. The third-order valence-electron chi connectivity index (χ3n) is 5.06. The standard InChI is InChI=1S/C18H30N4S/c1-18(2,3)22-16-11-7-10-15(14(16)12-19-22)21-17(23)20-13-8-5-4-6-9-13/h12-13,15H,4-11H2,1-3H3,(H2,20,21,23). The van der Waals surface area contributed by atoms with E-state index in [0.29, 0.717) is 12.1 Å². The minimum absolute atomic E-state index is 0.0380. The van der Waals surface area contributed by atoms with Crippen LogP contribution in [0.15, 0.2) is 6.20 Å². The van der Waals surface area contributed by atoms with Crippen molar-refractivity contribution in [2.75, 3.05) is 0 Å². The minimum atomic E-state index is 0.0380. The van der Waals surface area contributed by atoms with Crippen molar-refractivity contribution in [1.82, 2.24) is 20.4 Å². The van der Waals surface area contributed by atoms with Crippen molar-refractivity contribution in [3.63, 3.8) is 0 Å². The van der Waals surface area contributed by atoms with Gasteiger partial charge >= 0.3 is 0 Å². The lowest BCUT2D eigenvalue weighted by Gasteiger charge is -2.30. The zero-order chi connectivity index (χ0) is 16.4. The molecule has 128 valence electrons. The smallest absolute Gasteiger partial charge is 0.166 e. The Morgan fingerprint density at radius 3 is 2.57 bits per heavy atom. The molecular weight excluding hydrogens is 304 g/mol. The van der Waals surface area contributed by atoms with E-state index in [2.05, 4.69) is 41.2 Å². The van der Waals surface area contributed by atoms with Crippen LogP contribution in [0.5, 0.6) is 0 Å². The van der Waals surface area contributed by atoms with Gasteiger partial charge in [-0.1, -0.05) is 19.3 Å². The second kappa shape index (κ2) is 6.80. The zero-order valence-corrected chi connectivity index (χ0v) is 15.5. The first kappa shape index (κ1) is 16.7. The van der Waals surface area contributed by atoms with E-state index < -0.39 is 0 Å². The van der Waals surface area contributed by atoms with E-state index in [1.165, 1.54) is 49.8 Å². The Kier molecular flexibility index (Phi) is 4.95. The van der Waals surface area contributed by atoms with Crippen molar-refractivity contribution in [2.45, 2.75) is 89.8 Å². The molecule has 1 aromatic heterocycles. The SMILES string of the molecule is CC(C)(C)n1ncc2c1CCCC2NC(=S)NC1CCCCC1. The molecule has 1 fully saturated rings. The third-order valence-corrected chi connectivity index (χ3v) is 5.30. The van der Waals surface area contributed by atoms with E-state index in [1.54, 1.807) is 0 Å². The minimum Gasteiger partial charge on any atom is -0.360 e. The first-order chi connectivity index (χ1) is 10.9. The van der Waals surface area contributed by atoms with E-state index in [4.69, 9.17) is 12.2 Å². The number of nitrogens with one attached hydrogen (secondary N) is 2. The van der Waals surface area contributed by atoms with Crippen LogP contribution in [-0.2, 0) is 12.0 Å². The summed E-state index contributed by atoms with van der Waals surface area (Å²) >= 11 is 5.58. The summed E-state index contributed by atoms with van der Waals surface area (Å²) in [5, 5.41) is 12.6. The van der Waals surface area contributed by atoms with Gasteiger partial charge < -0.3 is 10.6 Å². The second-order valence-electron chi connectivity index (χ2n) is 8.03. The van der Waals surface area contributed by atoms with E-state index >= 15 is 0 Å². The summed E-state index contributed by atoms with van der Waals surface area (Å²) in [6.45, 7) is 6.64. The van der Waals surface area contributed by atoms with Crippen LogP contribution >= 0.6 is 12.2 Å². The van der Waals surface area contributed by atoms with Crippen LogP contribution < -0.4 is 10.6 Å². The summed E-state index contributed by atoms with van der Waals surface area (Å²) in [7, 11) is 0. The van der Waals surface area contributed by atoms with E-state index in [1.807, 2.05) is 6.20 Å². The Morgan fingerprint density at radius 1 is 1.13 bits per heavy atom. The maximum absolute atomic E-state index is 5.58. The van der Waals surface area contributed by atoms with Gasteiger partial charge in [0.2, 0.25) is 0 Å². The second-order valence-corrected chi connectivity index (χ2v) is 8.44. The molecule has 1 unspecified atom stereocenters. The van der Waals surface area contributed by atoms with E-state index in [0.717, 1.165) is 18.0 Å². The normalized spacial score (nSPS) is 22.5. The van der Waals surface area contributed by atoms with Crippen LogP contribution in [0.2, 0.25) is 0 Å². The number of rotatable bonds is 2. The largest absolute Gasteiger partial charge is 0.360 e. The average molecular weight is 335 g/mol. The number of fused-ring (bicyclic) bond motifs is 1. The summed E-state index contributed by atoms with van der Waals surface area (Å²) in [6.07, 6.45) is 12.0. The fraction of sp³-hybridized carbons (Fsp3) is 0.778. The Balaban J connectivity index is 1.66. The highest BCUT2D eigenvalue weighted by atomic mass is 32.1. The number of aromatic nitrogens is 2. The lowest BCUT2D eigenvalue weighted by molar-refractivity contribution is 0.336. The quantitative estimate of drug-likeness (QED) is 0.807. The molecule has 0 radical (unpaired) electrons. The molecule has 2 N–H and O–H groups in total. The summed E-state index contributed by atoms with van der Waals surface area (Å²) in [6, 6.07) is 0.863. The van der Waals surface area contributed by atoms with Crippen LogP contribution in [0.4, 0.5) is 0 Å². The lowest BCUT2D eigenvalue weighted by Crippen LogP contribution is -2.44. The Morgan fingerprint density at radius 2 is 1.87 bits per heavy atom. The number of hydrogen-bond donors (Lipinski definition) is 2. The predicted molar refractivity (Wildman–Crippen MR) is 98.6 cm³/mol. The van der Waals surface area contributed by atoms with E-state index in [9.17, 15) is 0 Å². The van der Waals surface area contributed by atoms with Crippen molar-refractivity contribution in [1.29, 1.82) is 0 Å². The Labute approximate surface area is 145 Å². The van der Waals surface area contributed by atoms with Gasteiger partial charge in [-0.3, -0.25) is 4.68 Å². The molecule has 1 heterocycles. The van der Waals surface area contributed by atoms with Crippen LogP contribution in [-0.4, -0.2) is 20.9 Å². The highest BCUT2D eigenvalue weighted by Gasteiger charge is 2.28. The van der Waals surface area contributed by atoms with Gasteiger partial charge in [0.15, 0.2) is 5.11 Å². The predicted octanol–water partition coefficient (Wildman–Crippen LogP) is 3.81. The van der Waals surface area contributed by atoms with Gasteiger partial charge in [0, 0.05) is 17.3 Å². The Hall–Kier alpha value is -1.10. The van der Waals surface area contributed by atoms with Crippen LogP contribution in [0.1, 0.15) is 83.0 Å². The van der Waals surface area contributed by atoms with Gasteiger partial charge in [0.25, 0.3) is 0 Å². The summed E-state index contributed by atoms with van der Waals surface area (Å²) in [5.74, 6) is 0. The molecule has 0 spiro atoms. The molecule has 0 aromatic carbocycles. The highest BCUT2D eigenvalue weighted by molar-refractivity contribution is 7.80. The van der Waals surface area contributed by atoms with Crippen molar-refractivity contribution in [3.05, 3.63) is 17.5 Å². The fourth-order valence-corrected chi connectivity index (χ4v) is 4.23. The number of thiocarbonyl (C=S) groups is 1. The molecule has 23 heavy (non-hydrogen) atoms. The Bertz CT molecular complexity index is 552. The van der Waals surface area contributed by atoms with Crippen molar-refractivity contribution >= 4 is 17.3 Å². The van der Waals surface area contributed by atoms with Gasteiger partial charge in [0.1, 0.15) is 0 Å². The fourth-order valence-electron chi connectivity index (χ4n) is 3.92. The molecule has 3 rings (SSSR count). The molecule has 0 aliphatic heterocycles. The first-order valence-corrected chi connectivity index (χ1v) is 9.50. The molecule has 0 saturated heterocycles. The lowest BCUT2D eigenvalue weighted by atomic mass is 9.92. The highest BCUT2D eigenvalue weighted by Crippen LogP contribution is 2.32. The van der Waals surface area contributed by atoms with Crippen molar-refractivity contribution in [3.8, 4) is 0 Å². The molecule has 2 aliphatic rings. The van der Waals surface area contributed by atoms with Crippen molar-refractivity contribution in [2.24, 2.45) is 0 Å². The monoisotopic (exact) mass is 334 g/mol. The maximum Gasteiger partial charge on any atom is 0.166 e. The summed E-state index contributed by atoms with van der Waals surface area (Å²) < 4.78 is 2.19. The number of hydrogen-bond acceptors (Lipinski definition) is 2. The van der Waals surface area contributed by atoms with Gasteiger partial charge in [0.05, 0.1) is 17.8 Å². The molecule has 1 aromatic rings. The van der Waals surface area contributed by atoms with E-state index in [-0.39, 0.29) is 5.54 Å². The molecule has 0 amide bonds. The molecule has 4 nitrogen and oxygen atoms in total. The van der Waals surface area contributed by atoms with Crippen molar-refractivity contribution < 1.29 is 0 Å². The zero-order valence-electron chi connectivity index (χ0n) is 14.7. The van der Waals surface area contributed by atoms with Gasteiger partial charge in [-0.2, -0.15) is 5.10 Å². The van der Waals surface area contributed by atoms with Gasteiger partial charge in [-0.25, -0.2) is 0 Å². The first-order valence-electron chi connectivity index (χ1n) is 9.09. The van der Waals surface area contributed by atoms with Crippen LogP contribution in [0.3, 0.4) is 0 Å². The van der Waals surface area contributed by atoms with Crippen LogP contribution in [0.25, 0.3) is 0 Å². The van der Waals surface area contributed by atoms with Gasteiger partial charge in [-0.05, 0) is 65.1 Å². The summed E-state index contributed by atoms with van der Waals surface area (Å²) in [5.41, 5.74) is 2.75. The third kappa shape index (κ3) is 3.87. The van der Waals surface area contributed by atoms with Crippen LogP contribution in [0, 0.1) is 0 Å².